The van der Waals surface area contributed by atoms with E-state index in [9.17, 15) is 9.59 Å². The fraction of sp³-hybridized carbons (Fsp3) is 0.722. The molecule has 1 unspecified atom stereocenters. The van der Waals surface area contributed by atoms with Crippen LogP contribution in [0, 0.1) is 0 Å². The van der Waals surface area contributed by atoms with Crippen molar-refractivity contribution in [3.05, 3.63) is 18.0 Å². The number of carbonyl (C=O) groups excluding carboxylic acids is 2. The summed E-state index contributed by atoms with van der Waals surface area (Å²) in [4.78, 5) is 25.9. The highest BCUT2D eigenvalue weighted by molar-refractivity contribution is 5.85. The Balaban J connectivity index is 0.00000261. The summed E-state index contributed by atoms with van der Waals surface area (Å²) in [5, 5.41) is 10.8. The number of nitrogens with one attached hydrogen (secondary N) is 2. The number of carbonyl (C=O) groups is 2. The second-order valence-electron chi connectivity index (χ2n) is 6.98. The minimum absolute atomic E-state index is 0. The number of ether oxygens (including phenoxy) is 1. The van der Waals surface area contributed by atoms with E-state index in [0.29, 0.717) is 25.6 Å². The topological polar surface area (TPSA) is 88.5 Å². The lowest BCUT2D eigenvalue weighted by Crippen LogP contribution is -2.47. The summed E-state index contributed by atoms with van der Waals surface area (Å²) in [7, 11) is 0. The molecule has 8 nitrogen and oxygen atoms in total. The molecule has 0 aliphatic carbocycles. The first-order chi connectivity index (χ1) is 12.7. The first-order valence-corrected chi connectivity index (χ1v) is 9.61. The highest BCUT2D eigenvalue weighted by atomic mass is 35.5. The van der Waals surface area contributed by atoms with Crippen LogP contribution in [-0.2, 0) is 16.1 Å². The zero-order chi connectivity index (χ0) is 18.4. The van der Waals surface area contributed by atoms with Gasteiger partial charge in [0.05, 0.1) is 6.61 Å². The standard InChI is InChI=1S/C18H29N5O3.ClH/c1-2-26-18(25)22-10-6-15(7-11-22)21-17(24)13-23-16(5-9-20-23)14-4-3-8-19-12-14;/h5,9,14-15,19H,2-4,6-8,10-13H2,1H3,(H,21,24);1H. The minimum Gasteiger partial charge on any atom is -0.450 e. The quantitative estimate of drug-likeness (QED) is 0.783. The number of likely N-dealkylation sites (tertiary alicyclic amines) is 1. The largest absolute Gasteiger partial charge is 0.450 e. The van der Waals surface area contributed by atoms with Crippen molar-refractivity contribution >= 4 is 24.4 Å². The van der Waals surface area contributed by atoms with Crippen molar-refractivity contribution in [2.75, 3.05) is 32.8 Å². The van der Waals surface area contributed by atoms with Gasteiger partial charge in [0.2, 0.25) is 5.91 Å². The summed E-state index contributed by atoms with van der Waals surface area (Å²) in [5.74, 6) is 0.403. The molecule has 1 aromatic rings. The molecule has 2 aliphatic rings. The molecule has 0 radical (unpaired) electrons. The van der Waals surface area contributed by atoms with Crippen LogP contribution in [-0.4, -0.2) is 65.5 Å². The van der Waals surface area contributed by atoms with Crippen molar-refractivity contribution in [3.63, 3.8) is 0 Å². The average molecular weight is 400 g/mol. The summed E-state index contributed by atoms with van der Waals surface area (Å²) in [6.07, 6.45) is 5.30. The molecule has 0 saturated carbocycles. The van der Waals surface area contributed by atoms with Crippen molar-refractivity contribution in [1.82, 2.24) is 25.3 Å². The van der Waals surface area contributed by atoms with Gasteiger partial charge < -0.3 is 20.3 Å². The smallest absolute Gasteiger partial charge is 0.409 e. The third-order valence-corrected chi connectivity index (χ3v) is 5.14. The normalized spacial score (nSPS) is 20.6. The van der Waals surface area contributed by atoms with Crippen LogP contribution in [0.4, 0.5) is 4.79 Å². The number of piperidine rings is 2. The molecule has 9 heteroatoms. The summed E-state index contributed by atoms with van der Waals surface area (Å²) in [6, 6.07) is 2.12. The van der Waals surface area contributed by atoms with Crippen LogP contribution in [0.2, 0.25) is 0 Å². The molecule has 2 saturated heterocycles. The van der Waals surface area contributed by atoms with Crippen LogP contribution < -0.4 is 10.6 Å². The van der Waals surface area contributed by atoms with Gasteiger partial charge in [0, 0.05) is 43.5 Å². The van der Waals surface area contributed by atoms with Gasteiger partial charge in [-0.2, -0.15) is 5.10 Å². The number of aromatic nitrogens is 2. The number of rotatable bonds is 5. The summed E-state index contributed by atoms with van der Waals surface area (Å²) < 4.78 is 6.84. The Morgan fingerprint density at radius 1 is 1.33 bits per heavy atom. The van der Waals surface area contributed by atoms with E-state index >= 15 is 0 Å². The summed E-state index contributed by atoms with van der Waals surface area (Å²) >= 11 is 0. The Kier molecular flexibility index (Phi) is 8.37. The van der Waals surface area contributed by atoms with Gasteiger partial charge in [-0.15, -0.1) is 12.4 Å². The van der Waals surface area contributed by atoms with E-state index in [2.05, 4.69) is 15.7 Å². The molecular weight excluding hydrogens is 370 g/mol. The first kappa shape index (κ1) is 21.5. The van der Waals surface area contributed by atoms with Crippen molar-refractivity contribution in [2.24, 2.45) is 0 Å². The van der Waals surface area contributed by atoms with E-state index in [1.807, 2.05) is 10.7 Å². The van der Waals surface area contributed by atoms with E-state index in [-0.39, 0.29) is 37.0 Å². The number of halogens is 1. The highest BCUT2D eigenvalue weighted by Crippen LogP contribution is 2.22. The molecule has 152 valence electrons. The molecule has 1 aromatic heterocycles. The van der Waals surface area contributed by atoms with E-state index < -0.39 is 0 Å². The van der Waals surface area contributed by atoms with E-state index in [1.165, 1.54) is 0 Å². The predicted molar refractivity (Wildman–Crippen MR) is 104 cm³/mol. The van der Waals surface area contributed by atoms with Crippen LogP contribution >= 0.6 is 12.4 Å². The van der Waals surface area contributed by atoms with Gasteiger partial charge in [-0.25, -0.2) is 4.79 Å². The Bertz CT molecular complexity index is 610. The molecule has 3 rings (SSSR count). The van der Waals surface area contributed by atoms with E-state index in [4.69, 9.17) is 4.74 Å². The minimum atomic E-state index is -0.264. The highest BCUT2D eigenvalue weighted by Gasteiger charge is 2.25. The number of nitrogens with zero attached hydrogens (tertiary/aromatic N) is 3. The molecule has 3 heterocycles. The van der Waals surface area contributed by atoms with Crippen LogP contribution in [0.1, 0.15) is 44.2 Å². The number of hydrogen-bond donors (Lipinski definition) is 2. The first-order valence-electron chi connectivity index (χ1n) is 9.61. The molecule has 0 spiro atoms. The second kappa shape index (κ2) is 10.5. The van der Waals surface area contributed by atoms with Gasteiger partial charge in [-0.05, 0) is 45.2 Å². The zero-order valence-corrected chi connectivity index (χ0v) is 16.7. The molecule has 27 heavy (non-hydrogen) atoms. The van der Waals surface area contributed by atoms with Crippen LogP contribution in [0.15, 0.2) is 12.3 Å². The lowest BCUT2D eigenvalue weighted by Gasteiger charge is -2.31. The van der Waals surface area contributed by atoms with Crippen molar-refractivity contribution in [2.45, 2.75) is 51.1 Å². The van der Waals surface area contributed by atoms with E-state index in [0.717, 1.165) is 44.5 Å². The molecule has 2 amide bonds. The summed E-state index contributed by atoms with van der Waals surface area (Å²) in [6.45, 7) is 5.68. The van der Waals surface area contributed by atoms with Gasteiger partial charge in [0.15, 0.2) is 0 Å². The zero-order valence-electron chi connectivity index (χ0n) is 15.9. The lowest BCUT2D eigenvalue weighted by molar-refractivity contribution is -0.122. The van der Waals surface area contributed by atoms with Gasteiger partial charge in [-0.3, -0.25) is 9.48 Å². The van der Waals surface area contributed by atoms with Crippen LogP contribution in [0.25, 0.3) is 0 Å². The SMILES string of the molecule is CCOC(=O)N1CCC(NC(=O)Cn2nccc2C2CCCNC2)CC1.Cl. The summed E-state index contributed by atoms with van der Waals surface area (Å²) in [5.41, 5.74) is 1.13. The molecular formula is C18H30ClN5O3. The third kappa shape index (κ3) is 5.84. The van der Waals surface area contributed by atoms with Gasteiger partial charge in [-0.1, -0.05) is 0 Å². The lowest BCUT2D eigenvalue weighted by atomic mass is 9.96. The molecule has 1 atom stereocenters. The Morgan fingerprint density at radius 3 is 2.78 bits per heavy atom. The monoisotopic (exact) mass is 399 g/mol. The maximum atomic E-state index is 12.4. The van der Waals surface area contributed by atoms with Gasteiger partial charge in [0.25, 0.3) is 0 Å². The Morgan fingerprint density at radius 2 is 2.11 bits per heavy atom. The molecule has 2 fully saturated rings. The fourth-order valence-electron chi connectivity index (χ4n) is 3.76. The maximum Gasteiger partial charge on any atom is 0.409 e. The fourth-order valence-corrected chi connectivity index (χ4v) is 3.76. The maximum absolute atomic E-state index is 12.4. The number of hydrogen-bond acceptors (Lipinski definition) is 5. The Labute approximate surface area is 166 Å². The Hall–Kier alpha value is -1.80. The van der Waals surface area contributed by atoms with Crippen molar-refractivity contribution < 1.29 is 14.3 Å². The van der Waals surface area contributed by atoms with Crippen LogP contribution in [0.3, 0.4) is 0 Å². The van der Waals surface area contributed by atoms with Crippen molar-refractivity contribution in [3.8, 4) is 0 Å². The third-order valence-electron chi connectivity index (χ3n) is 5.14. The van der Waals surface area contributed by atoms with Crippen molar-refractivity contribution in [1.29, 1.82) is 0 Å². The molecule has 0 bridgehead atoms. The molecule has 2 N–H and O–H groups in total. The predicted octanol–water partition coefficient (Wildman–Crippen LogP) is 1.51. The van der Waals surface area contributed by atoms with Gasteiger partial charge >= 0.3 is 6.09 Å². The van der Waals surface area contributed by atoms with Gasteiger partial charge in [0.1, 0.15) is 6.54 Å². The van der Waals surface area contributed by atoms with E-state index in [1.54, 1.807) is 18.0 Å². The molecule has 2 aliphatic heterocycles. The molecule has 0 aromatic carbocycles. The number of amides is 2. The average Bonchev–Trinajstić information content (AvgIpc) is 3.11. The van der Waals surface area contributed by atoms with Crippen LogP contribution in [0.5, 0.6) is 0 Å². The second-order valence-corrected chi connectivity index (χ2v) is 6.98.